The van der Waals surface area contributed by atoms with E-state index in [1.54, 1.807) is 41.3 Å². The van der Waals surface area contributed by atoms with Crippen molar-refractivity contribution < 1.29 is 13.6 Å². The lowest BCUT2D eigenvalue weighted by molar-refractivity contribution is 0.0950. The second-order valence-corrected chi connectivity index (χ2v) is 8.18. The number of anilines is 1. The molecule has 0 amide bonds. The van der Waals surface area contributed by atoms with Crippen molar-refractivity contribution in [2.75, 3.05) is 4.90 Å². The summed E-state index contributed by atoms with van der Waals surface area (Å²) in [6, 6.07) is 21.3. The topological polar surface area (TPSA) is 67.9 Å². The monoisotopic (exact) mass is 437 g/mol. The average molecular weight is 437 g/mol. The summed E-state index contributed by atoms with van der Waals surface area (Å²) in [6.45, 7) is 0. The standard InChI is InChI=1S/C27H17F2N3O/c28-19-11-12-20(21(29)14-19)24-25(26(33)18-7-2-1-3-8-18)32-22-9-5-4-6-17(22)10-13-23(32)27(24,15-30)16-31/h1-14,23-25H/t23-,24-,25+/m0/s1. The number of benzene rings is 3. The van der Waals surface area contributed by atoms with E-state index in [9.17, 15) is 19.7 Å². The van der Waals surface area contributed by atoms with E-state index in [0.29, 0.717) is 11.3 Å². The molecule has 1 saturated heterocycles. The number of ketones is 1. The molecular weight excluding hydrogens is 420 g/mol. The van der Waals surface area contributed by atoms with Gasteiger partial charge in [-0.15, -0.1) is 0 Å². The first-order valence-corrected chi connectivity index (χ1v) is 10.4. The van der Waals surface area contributed by atoms with E-state index in [2.05, 4.69) is 12.1 Å². The van der Waals surface area contributed by atoms with E-state index in [0.717, 1.165) is 17.7 Å². The second kappa shape index (κ2) is 7.69. The minimum atomic E-state index is -1.78. The van der Waals surface area contributed by atoms with Gasteiger partial charge >= 0.3 is 0 Å². The molecule has 3 atom stereocenters. The highest BCUT2D eigenvalue weighted by Crippen LogP contribution is 2.55. The number of fused-ring (bicyclic) bond motifs is 3. The molecule has 0 bridgehead atoms. The van der Waals surface area contributed by atoms with Gasteiger partial charge in [-0.05, 0) is 23.3 Å². The van der Waals surface area contributed by atoms with Gasteiger partial charge in [0.25, 0.3) is 0 Å². The largest absolute Gasteiger partial charge is 0.351 e. The van der Waals surface area contributed by atoms with Crippen LogP contribution in [-0.2, 0) is 0 Å². The van der Waals surface area contributed by atoms with Crippen molar-refractivity contribution in [1.82, 2.24) is 0 Å². The first kappa shape index (κ1) is 20.6. The normalized spacial score (nSPS) is 22.1. The van der Waals surface area contributed by atoms with E-state index < -0.39 is 35.1 Å². The zero-order chi connectivity index (χ0) is 23.2. The van der Waals surface area contributed by atoms with Gasteiger partial charge in [-0.3, -0.25) is 4.79 Å². The Labute approximate surface area is 189 Å². The minimum absolute atomic E-state index is 0.0333. The molecule has 2 heterocycles. The SMILES string of the molecule is N#CC1(C#N)[C@@H]2C=Cc3ccccc3N2[C@@H](C(=O)c2ccccc2)[C@@H]1c1ccc(F)cc1F. The molecule has 2 aliphatic heterocycles. The average Bonchev–Trinajstić information content (AvgIpc) is 3.15. The lowest BCUT2D eigenvalue weighted by atomic mass is 9.69. The van der Waals surface area contributed by atoms with E-state index >= 15 is 4.39 Å². The number of halogens is 2. The fourth-order valence-electron chi connectivity index (χ4n) is 5.10. The summed E-state index contributed by atoms with van der Waals surface area (Å²) < 4.78 is 28.9. The number of nitrogens with zero attached hydrogens (tertiary/aromatic N) is 3. The summed E-state index contributed by atoms with van der Waals surface area (Å²) in [5.74, 6) is -3.16. The molecule has 5 rings (SSSR count). The molecule has 0 saturated carbocycles. The van der Waals surface area contributed by atoms with Gasteiger partial charge < -0.3 is 4.90 Å². The molecule has 3 aromatic carbocycles. The lowest BCUT2D eigenvalue weighted by Gasteiger charge is -2.35. The van der Waals surface area contributed by atoms with Crippen LogP contribution in [0.5, 0.6) is 0 Å². The Hall–Kier alpha value is -4.29. The predicted molar refractivity (Wildman–Crippen MR) is 119 cm³/mol. The van der Waals surface area contributed by atoms with E-state index in [-0.39, 0.29) is 11.3 Å². The van der Waals surface area contributed by atoms with E-state index in [1.165, 1.54) is 6.07 Å². The summed E-state index contributed by atoms with van der Waals surface area (Å²) in [5, 5.41) is 20.6. The zero-order valence-corrected chi connectivity index (χ0v) is 17.3. The summed E-state index contributed by atoms with van der Waals surface area (Å²) in [5.41, 5.74) is 0.0722. The molecule has 160 valence electrons. The number of carbonyl (C=O) groups excluding carboxylic acids is 1. The van der Waals surface area contributed by atoms with Gasteiger partial charge in [0.15, 0.2) is 11.2 Å². The third kappa shape index (κ3) is 2.96. The van der Waals surface area contributed by atoms with Gasteiger partial charge in [0.05, 0.1) is 18.2 Å². The van der Waals surface area contributed by atoms with Crippen LogP contribution in [-0.4, -0.2) is 17.9 Å². The van der Waals surface area contributed by atoms with Crippen molar-refractivity contribution in [3.05, 3.63) is 107 Å². The van der Waals surface area contributed by atoms with Crippen molar-refractivity contribution in [2.24, 2.45) is 5.41 Å². The summed E-state index contributed by atoms with van der Waals surface area (Å²) in [6.07, 6.45) is 3.54. The summed E-state index contributed by atoms with van der Waals surface area (Å²) >= 11 is 0. The Kier molecular flexibility index (Phi) is 4.80. The Morgan fingerprint density at radius 1 is 0.939 bits per heavy atom. The molecule has 0 spiro atoms. The fourth-order valence-corrected chi connectivity index (χ4v) is 5.10. The molecule has 0 unspecified atom stereocenters. The smallest absolute Gasteiger partial charge is 0.185 e. The molecule has 0 N–H and O–H groups in total. The van der Waals surface area contributed by atoms with Crippen molar-refractivity contribution >= 4 is 17.5 Å². The van der Waals surface area contributed by atoms with Gasteiger partial charge in [-0.25, -0.2) is 8.78 Å². The number of rotatable bonds is 3. The summed E-state index contributed by atoms with van der Waals surface area (Å²) in [7, 11) is 0. The van der Waals surface area contributed by atoms with E-state index in [4.69, 9.17) is 0 Å². The quantitative estimate of drug-likeness (QED) is 0.525. The molecule has 33 heavy (non-hydrogen) atoms. The van der Waals surface area contributed by atoms with E-state index in [1.807, 2.05) is 30.3 Å². The molecule has 1 fully saturated rings. The van der Waals surface area contributed by atoms with Crippen LogP contribution in [0.4, 0.5) is 14.5 Å². The van der Waals surface area contributed by atoms with Crippen LogP contribution in [0.25, 0.3) is 6.08 Å². The highest BCUT2D eigenvalue weighted by atomic mass is 19.1. The molecule has 0 aliphatic carbocycles. The molecular formula is C27H17F2N3O. The van der Waals surface area contributed by atoms with Crippen LogP contribution >= 0.6 is 0 Å². The maximum absolute atomic E-state index is 15.1. The molecule has 4 nitrogen and oxygen atoms in total. The Morgan fingerprint density at radius 3 is 2.33 bits per heavy atom. The fraction of sp³-hybridized carbons (Fsp3) is 0.148. The number of nitriles is 2. The predicted octanol–water partition coefficient (Wildman–Crippen LogP) is 5.25. The number of para-hydroxylation sites is 1. The second-order valence-electron chi connectivity index (χ2n) is 8.18. The third-order valence-electron chi connectivity index (χ3n) is 6.54. The highest BCUT2D eigenvalue weighted by Gasteiger charge is 2.63. The van der Waals surface area contributed by atoms with Crippen LogP contribution in [0.15, 0.2) is 78.9 Å². The van der Waals surface area contributed by atoms with Crippen molar-refractivity contribution in [3.63, 3.8) is 0 Å². The maximum Gasteiger partial charge on any atom is 0.185 e. The van der Waals surface area contributed by atoms with Crippen molar-refractivity contribution in [2.45, 2.75) is 18.0 Å². The Morgan fingerprint density at radius 2 is 1.64 bits per heavy atom. The van der Waals surface area contributed by atoms with Crippen LogP contribution in [0.3, 0.4) is 0 Å². The van der Waals surface area contributed by atoms with Gasteiger partial charge in [-0.1, -0.05) is 66.7 Å². The maximum atomic E-state index is 15.1. The summed E-state index contributed by atoms with van der Waals surface area (Å²) in [4.78, 5) is 15.7. The Bertz CT molecular complexity index is 1360. The number of hydrogen-bond acceptors (Lipinski definition) is 4. The van der Waals surface area contributed by atoms with Crippen LogP contribution in [0.1, 0.15) is 27.4 Å². The number of hydrogen-bond donors (Lipinski definition) is 0. The lowest BCUT2D eigenvalue weighted by Crippen LogP contribution is -2.44. The molecule has 3 aromatic rings. The van der Waals surface area contributed by atoms with Gasteiger partial charge in [0.2, 0.25) is 0 Å². The first-order valence-electron chi connectivity index (χ1n) is 10.4. The minimum Gasteiger partial charge on any atom is -0.351 e. The molecule has 0 aromatic heterocycles. The van der Waals surface area contributed by atoms with Crippen molar-refractivity contribution in [1.29, 1.82) is 10.5 Å². The number of Topliss-reactive ketones (excluding diaryl/α,β-unsaturated/α-hetero) is 1. The molecule has 2 aliphatic rings. The highest BCUT2D eigenvalue weighted by molar-refractivity contribution is 6.04. The number of carbonyl (C=O) groups is 1. The van der Waals surface area contributed by atoms with Gasteiger partial charge in [0, 0.05) is 23.2 Å². The van der Waals surface area contributed by atoms with Gasteiger partial charge in [0.1, 0.15) is 17.7 Å². The van der Waals surface area contributed by atoms with Crippen LogP contribution in [0.2, 0.25) is 0 Å². The Balaban J connectivity index is 1.81. The zero-order valence-electron chi connectivity index (χ0n) is 17.3. The van der Waals surface area contributed by atoms with Crippen LogP contribution < -0.4 is 4.90 Å². The van der Waals surface area contributed by atoms with Crippen LogP contribution in [0, 0.1) is 39.7 Å². The molecule has 0 radical (unpaired) electrons. The van der Waals surface area contributed by atoms with Gasteiger partial charge in [-0.2, -0.15) is 10.5 Å². The first-order chi connectivity index (χ1) is 16.0. The third-order valence-corrected chi connectivity index (χ3v) is 6.54. The van der Waals surface area contributed by atoms with Crippen molar-refractivity contribution in [3.8, 4) is 12.1 Å². The molecule has 6 heteroatoms.